The summed E-state index contributed by atoms with van der Waals surface area (Å²) in [5.41, 5.74) is 1.22. The fourth-order valence-electron chi connectivity index (χ4n) is 3.33. The zero-order valence-electron chi connectivity index (χ0n) is 13.8. The van der Waals surface area contributed by atoms with Gasteiger partial charge in [-0.15, -0.1) is 10.2 Å². The van der Waals surface area contributed by atoms with Crippen LogP contribution in [0.15, 0.2) is 14.9 Å². The Morgan fingerprint density at radius 2 is 2.05 bits per heavy atom. The summed E-state index contributed by atoms with van der Waals surface area (Å²) >= 11 is 0. The molecule has 1 aliphatic rings. The highest BCUT2D eigenvalue weighted by atomic mass is 16.4. The van der Waals surface area contributed by atoms with Crippen molar-refractivity contribution in [2.75, 3.05) is 0 Å². The highest BCUT2D eigenvalue weighted by Crippen LogP contribution is 2.30. The first kappa shape index (κ1) is 15.3. The van der Waals surface area contributed by atoms with Gasteiger partial charge in [-0.25, -0.2) is 0 Å². The van der Waals surface area contributed by atoms with Crippen molar-refractivity contribution in [2.24, 2.45) is 5.92 Å². The molecule has 120 valence electrons. The number of hydrogen-bond acceptors (Lipinski definition) is 5. The minimum Gasteiger partial charge on any atom is -0.464 e. The maximum Gasteiger partial charge on any atom is 0.216 e. The van der Waals surface area contributed by atoms with Crippen molar-refractivity contribution in [1.82, 2.24) is 15.5 Å². The molecule has 0 aromatic carbocycles. The summed E-state index contributed by atoms with van der Waals surface area (Å²) in [5, 5.41) is 11.7. The SMILES string of the molecule is Cc1nnc(C[C@@H]2CC[C@H](NC(C)c3cc(C)c(C)o3)C2)o1. The second kappa shape index (κ2) is 6.24. The topological polar surface area (TPSA) is 64.1 Å². The second-order valence-corrected chi connectivity index (χ2v) is 6.57. The second-order valence-electron chi connectivity index (χ2n) is 6.57. The molecule has 1 unspecified atom stereocenters. The average molecular weight is 303 g/mol. The van der Waals surface area contributed by atoms with E-state index in [1.807, 2.05) is 13.8 Å². The molecule has 1 aliphatic carbocycles. The van der Waals surface area contributed by atoms with Crippen LogP contribution in [0.2, 0.25) is 0 Å². The standard InChI is InChI=1S/C17H25N3O2/c1-10-7-16(21-12(10)3)11(2)18-15-6-5-14(8-15)9-17-20-19-13(4)22-17/h7,11,14-15,18H,5-6,8-9H2,1-4H3/t11?,14-,15+/m1/s1. The predicted octanol–water partition coefficient (Wildman–Crippen LogP) is 3.65. The third-order valence-electron chi connectivity index (χ3n) is 4.67. The Bertz CT molecular complexity index is 612. The Morgan fingerprint density at radius 1 is 1.23 bits per heavy atom. The zero-order valence-corrected chi connectivity index (χ0v) is 13.8. The molecule has 0 bridgehead atoms. The number of aromatic nitrogens is 2. The van der Waals surface area contributed by atoms with Gasteiger partial charge in [0.15, 0.2) is 0 Å². The van der Waals surface area contributed by atoms with Crippen molar-refractivity contribution < 1.29 is 8.83 Å². The Labute approximate surface area is 131 Å². The summed E-state index contributed by atoms with van der Waals surface area (Å²) < 4.78 is 11.3. The molecule has 2 heterocycles. The number of nitrogens with one attached hydrogen (secondary N) is 1. The van der Waals surface area contributed by atoms with Crippen molar-refractivity contribution in [1.29, 1.82) is 0 Å². The van der Waals surface area contributed by atoms with Gasteiger partial charge in [0.1, 0.15) is 11.5 Å². The van der Waals surface area contributed by atoms with E-state index in [1.54, 1.807) is 0 Å². The van der Waals surface area contributed by atoms with Crippen molar-refractivity contribution in [3.8, 4) is 0 Å². The molecule has 5 heteroatoms. The van der Waals surface area contributed by atoms with Gasteiger partial charge < -0.3 is 14.2 Å². The third-order valence-corrected chi connectivity index (χ3v) is 4.67. The molecule has 0 aliphatic heterocycles. The maximum absolute atomic E-state index is 5.82. The number of rotatable bonds is 5. The molecule has 3 rings (SSSR count). The van der Waals surface area contributed by atoms with Crippen LogP contribution in [0.5, 0.6) is 0 Å². The van der Waals surface area contributed by atoms with Crippen LogP contribution in [0.3, 0.4) is 0 Å². The van der Waals surface area contributed by atoms with Gasteiger partial charge in [0.2, 0.25) is 11.8 Å². The molecule has 5 nitrogen and oxygen atoms in total. The molecule has 0 spiro atoms. The molecule has 2 aromatic heterocycles. The van der Waals surface area contributed by atoms with Crippen LogP contribution in [0.25, 0.3) is 0 Å². The lowest BCUT2D eigenvalue weighted by Crippen LogP contribution is -2.29. The fraction of sp³-hybridized carbons (Fsp3) is 0.647. The first-order valence-corrected chi connectivity index (χ1v) is 8.13. The van der Waals surface area contributed by atoms with E-state index >= 15 is 0 Å². The molecule has 1 N–H and O–H groups in total. The summed E-state index contributed by atoms with van der Waals surface area (Å²) in [4.78, 5) is 0. The highest BCUT2D eigenvalue weighted by Gasteiger charge is 2.28. The lowest BCUT2D eigenvalue weighted by Gasteiger charge is -2.18. The van der Waals surface area contributed by atoms with Crippen molar-refractivity contribution in [2.45, 2.75) is 65.5 Å². The monoisotopic (exact) mass is 303 g/mol. The summed E-state index contributed by atoms with van der Waals surface area (Å²) in [6.45, 7) is 8.12. The molecular formula is C17H25N3O2. The minimum absolute atomic E-state index is 0.252. The Balaban J connectivity index is 1.52. The largest absolute Gasteiger partial charge is 0.464 e. The molecule has 2 aromatic rings. The van der Waals surface area contributed by atoms with E-state index in [9.17, 15) is 0 Å². The van der Waals surface area contributed by atoms with Crippen LogP contribution in [0.1, 0.15) is 61.1 Å². The van der Waals surface area contributed by atoms with Gasteiger partial charge in [-0.05, 0) is 57.6 Å². The predicted molar refractivity (Wildman–Crippen MR) is 83.6 cm³/mol. The zero-order chi connectivity index (χ0) is 15.7. The lowest BCUT2D eigenvalue weighted by atomic mass is 10.0. The van der Waals surface area contributed by atoms with Crippen LogP contribution in [0, 0.1) is 26.7 Å². The van der Waals surface area contributed by atoms with Crippen LogP contribution in [-0.2, 0) is 6.42 Å². The van der Waals surface area contributed by atoms with Crippen LogP contribution in [0.4, 0.5) is 0 Å². The molecule has 3 atom stereocenters. The van der Waals surface area contributed by atoms with E-state index in [-0.39, 0.29) is 6.04 Å². The molecule has 1 fully saturated rings. The number of furan rings is 1. The Hall–Kier alpha value is -1.62. The smallest absolute Gasteiger partial charge is 0.216 e. The molecule has 0 radical (unpaired) electrons. The normalized spacial score (nSPS) is 23.1. The van der Waals surface area contributed by atoms with E-state index in [0.29, 0.717) is 17.9 Å². The molecular weight excluding hydrogens is 278 g/mol. The molecule has 22 heavy (non-hydrogen) atoms. The first-order chi connectivity index (χ1) is 10.5. The van der Waals surface area contributed by atoms with Crippen LogP contribution < -0.4 is 5.32 Å². The number of hydrogen-bond donors (Lipinski definition) is 1. The fourth-order valence-corrected chi connectivity index (χ4v) is 3.33. The molecule has 0 amide bonds. The van der Waals surface area contributed by atoms with Crippen molar-refractivity contribution in [3.63, 3.8) is 0 Å². The summed E-state index contributed by atoms with van der Waals surface area (Å²) in [5.74, 6) is 4.10. The maximum atomic E-state index is 5.82. The van der Waals surface area contributed by atoms with Crippen LogP contribution >= 0.6 is 0 Å². The van der Waals surface area contributed by atoms with Gasteiger partial charge in [-0.3, -0.25) is 0 Å². The first-order valence-electron chi connectivity index (χ1n) is 8.13. The lowest BCUT2D eigenvalue weighted by molar-refractivity contribution is 0.369. The van der Waals surface area contributed by atoms with E-state index in [4.69, 9.17) is 8.83 Å². The number of aryl methyl sites for hydroxylation is 3. The van der Waals surface area contributed by atoms with Gasteiger partial charge in [0, 0.05) is 19.4 Å². The Morgan fingerprint density at radius 3 is 2.68 bits per heavy atom. The van der Waals surface area contributed by atoms with E-state index in [1.165, 1.54) is 18.4 Å². The van der Waals surface area contributed by atoms with E-state index in [0.717, 1.165) is 30.3 Å². The number of nitrogens with zero attached hydrogens (tertiary/aromatic N) is 2. The van der Waals surface area contributed by atoms with E-state index in [2.05, 4.69) is 35.4 Å². The minimum atomic E-state index is 0.252. The van der Waals surface area contributed by atoms with Gasteiger partial charge in [-0.2, -0.15) is 0 Å². The van der Waals surface area contributed by atoms with Gasteiger partial charge in [-0.1, -0.05) is 0 Å². The van der Waals surface area contributed by atoms with Gasteiger partial charge in [0.05, 0.1) is 6.04 Å². The highest BCUT2D eigenvalue weighted by molar-refractivity contribution is 5.20. The summed E-state index contributed by atoms with van der Waals surface area (Å²) in [6, 6.07) is 2.93. The van der Waals surface area contributed by atoms with Crippen molar-refractivity contribution >= 4 is 0 Å². The Kier molecular flexibility index (Phi) is 4.34. The average Bonchev–Trinajstić information content (AvgIpc) is 3.14. The molecule has 1 saturated carbocycles. The quantitative estimate of drug-likeness (QED) is 0.913. The summed E-state index contributed by atoms with van der Waals surface area (Å²) in [7, 11) is 0. The van der Waals surface area contributed by atoms with Crippen molar-refractivity contribution in [3.05, 3.63) is 34.9 Å². The van der Waals surface area contributed by atoms with Gasteiger partial charge >= 0.3 is 0 Å². The molecule has 0 saturated heterocycles. The van der Waals surface area contributed by atoms with Crippen LogP contribution in [-0.4, -0.2) is 16.2 Å². The third kappa shape index (κ3) is 3.40. The van der Waals surface area contributed by atoms with E-state index < -0.39 is 0 Å². The van der Waals surface area contributed by atoms with Gasteiger partial charge in [0.25, 0.3) is 0 Å². The summed E-state index contributed by atoms with van der Waals surface area (Å²) in [6.07, 6.45) is 4.46.